The monoisotopic (exact) mass is 420 g/mol. The van der Waals surface area contributed by atoms with Crippen LogP contribution in [0, 0.1) is 6.92 Å². The Morgan fingerprint density at radius 2 is 1.93 bits per heavy atom. The molecule has 160 valence electrons. The van der Waals surface area contributed by atoms with E-state index in [0.29, 0.717) is 6.04 Å². The summed E-state index contributed by atoms with van der Waals surface area (Å²) in [5, 5.41) is 16.4. The molecule has 1 aliphatic rings. The molecule has 30 heavy (non-hydrogen) atoms. The zero-order valence-electron chi connectivity index (χ0n) is 16.5. The zero-order valence-corrected chi connectivity index (χ0v) is 16.5. The third-order valence-corrected chi connectivity index (χ3v) is 5.06. The number of hydrogen-bond acceptors (Lipinski definition) is 4. The van der Waals surface area contributed by atoms with Crippen LogP contribution in [0.1, 0.15) is 42.3 Å². The number of aryl methyl sites for hydroxylation is 1. The van der Waals surface area contributed by atoms with Crippen molar-refractivity contribution in [3.8, 4) is 0 Å². The Morgan fingerprint density at radius 1 is 1.23 bits per heavy atom. The number of rotatable bonds is 5. The van der Waals surface area contributed by atoms with Gasteiger partial charge < -0.3 is 10.4 Å². The van der Waals surface area contributed by atoms with E-state index >= 15 is 0 Å². The lowest BCUT2D eigenvalue weighted by Gasteiger charge is -2.27. The second kappa shape index (κ2) is 9.25. The van der Waals surface area contributed by atoms with Gasteiger partial charge in [0.15, 0.2) is 0 Å². The first-order chi connectivity index (χ1) is 14.3. The topological polar surface area (TPSA) is 80.0 Å². The number of aromatic nitrogens is 3. The molecule has 1 saturated carbocycles. The Labute approximate surface area is 171 Å². The number of para-hydroxylation sites is 1. The molecule has 1 aliphatic carbocycles. The molecule has 0 aliphatic heterocycles. The number of nitrogens with one attached hydrogen (secondary N) is 1. The van der Waals surface area contributed by atoms with Crippen molar-refractivity contribution in [2.24, 2.45) is 0 Å². The quantitative estimate of drug-likeness (QED) is 0.640. The minimum Gasteiger partial charge on any atom is -0.475 e. The molecule has 6 nitrogen and oxygen atoms in total. The summed E-state index contributed by atoms with van der Waals surface area (Å²) >= 11 is 0. The molecule has 1 fully saturated rings. The maximum atomic E-state index is 10.6. The number of benzene rings is 1. The Morgan fingerprint density at radius 3 is 2.57 bits per heavy atom. The van der Waals surface area contributed by atoms with Crippen molar-refractivity contribution >= 4 is 16.9 Å². The van der Waals surface area contributed by atoms with Crippen LogP contribution in [0.4, 0.5) is 13.2 Å². The van der Waals surface area contributed by atoms with Crippen molar-refractivity contribution in [1.82, 2.24) is 20.1 Å². The largest absolute Gasteiger partial charge is 0.490 e. The molecule has 2 heterocycles. The number of alkyl halides is 3. The van der Waals surface area contributed by atoms with Crippen molar-refractivity contribution in [2.75, 3.05) is 0 Å². The molecule has 0 bridgehead atoms. The highest BCUT2D eigenvalue weighted by Gasteiger charge is 2.38. The SMILES string of the molecule is Cc1nc2ccccc2cc1CNCc1ccnn1C1CCC1.O=C(O)C(F)(F)F. The van der Waals surface area contributed by atoms with Crippen molar-refractivity contribution in [3.63, 3.8) is 0 Å². The van der Waals surface area contributed by atoms with Crippen molar-refractivity contribution < 1.29 is 23.1 Å². The summed E-state index contributed by atoms with van der Waals surface area (Å²) in [6.07, 6.45) is 0.697. The van der Waals surface area contributed by atoms with Crippen LogP contribution in [0.25, 0.3) is 10.9 Å². The number of hydrogen-bond donors (Lipinski definition) is 2. The van der Waals surface area contributed by atoms with Gasteiger partial charge >= 0.3 is 12.1 Å². The van der Waals surface area contributed by atoms with Crippen LogP contribution < -0.4 is 5.32 Å². The van der Waals surface area contributed by atoms with Crippen LogP contribution in [0.15, 0.2) is 42.6 Å². The van der Waals surface area contributed by atoms with Gasteiger partial charge in [0.2, 0.25) is 0 Å². The fourth-order valence-electron chi connectivity index (χ4n) is 3.20. The van der Waals surface area contributed by atoms with Gasteiger partial charge in [-0.05, 0) is 49.9 Å². The summed E-state index contributed by atoms with van der Waals surface area (Å²) in [6.45, 7) is 3.77. The van der Waals surface area contributed by atoms with E-state index in [2.05, 4.69) is 52.4 Å². The Bertz CT molecular complexity index is 1010. The predicted molar refractivity (Wildman–Crippen MR) is 106 cm³/mol. The van der Waals surface area contributed by atoms with E-state index < -0.39 is 12.1 Å². The van der Waals surface area contributed by atoms with E-state index in [0.717, 1.165) is 24.3 Å². The number of carbonyl (C=O) groups is 1. The van der Waals surface area contributed by atoms with Gasteiger partial charge in [-0.2, -0.15) is 18.3 Å². The van der Waals surface area contributed by atoms with Gasteiger partial charge in [-0.15, -0.1) is 0 Å². The molecule has 0 amide bonds. The van der Waals surface area contributed by atoms with E-state index in [1.54, 1.807) is 0 Å². The summed E-state index contributed by atoms with van der Waals surface area (Å²) in [5.41, 5.74) is 4.71. The van der Waals surface area contributed by atoms with Crippen molar-refractivity contribution in [1.29, 1.82) is 0 Å². The molecule has 0 radical (unpaired) electrons. The molecule has 3 aromatic rings. The lowest BCUT2D eigenvalue weighted by atomic mass is 9.93. The maximum absolute atomic E-state index is 10.6. The molecule has 0 unspecified atom stereocenters. The van der Waals surface area contributed by atoms with Gasteiger partial charge in [0, 0.05) is 30.4 Å². The molecule has 0 saturated heterocycles. The summed E-state index contributed by atoms with van der Waals surface area (Å²) in [7, 11) is 0. The number of carboxylic acids is 1. The van der Waals surface area contributed by atoms with Gasteiger partial charge in [-0.3, -0.25) is 9.67 Å². The summed E-state index contributed by atoms with van der Waals surface area (Å²) in [5.74, 6) is -2.76. The fraction of sp³-hybridized carbons (Fsp3) is 0.381. The van der Waals surface area contributed by atoms with Crippen LogP contribution >= 0.6 is 0 Å². The minimum atomic E-state index is -5.08. The Hall–Kier alpha value is -2.94. The van der Waals surface area contributed by atoms with E-state index in [1.807, 2.05) is 12.3 Å². The first kappa shape index (κ1) is 21.8. The second-order valence-electron chi connectivity index (χ2n) is 7.18. The molecule has 1 aromatic carbocycles. The van der Waals surface area contributed by atoms with E-state index in [9.17, 15) is 13.2 Å². The molecule has 2 aromatic heterocycles. The number of aliphatic carboxylic acids is 1. The average molecular weight is 420 g/mol. The maximum Gasteiger partial charge on any atom is 0.490 e. The third kappa shape index (κ3) is 5.35. The molecular formula is C21H23F3N4O2. The van der Waals surface area contributed by atoms with E-state index in [-0.39, 0.29) is 0 Å². The van der Waals surface area contributed by atoms with Crippen molar-refractivity contribution in [2.45, 2.75) is 51.5 Å². The normalized spacial score (nSPS) is 14.1. The van der Waals surface area contributed by atoms with Gasteiger partial charge in [-0.1, -0.05) is 18.2 Å². The smallest absolute Gasteiger partial charge is 0.475 e. The molecule has 4 rings (SSSR count). The third-order valence-electron chi connectivity index (χ3n) is 5.06. The first-order valence-electron chi connectivity index (χ1n) is 9.64. The Balaban J connectivity index is 0.000000318. The molecule has 9 heteroatoms. The highest BCUT2D eigenvalue weighted by atomic mass is 19.4. The summed E-state index contributed by atoms with van der Waals surface area (Å²) in [4.78, 5) is 13.6. The predicted octanol–water partition coefficient (Wildman–Crippen LogP) is 4.39. The van der Waals surface area contributed by atoms with Gasteiger partial charge in [0.1, 0.15) is 0 Å². The van der Waals surface area contributed by atoms with Gasteiger partial charge in [-0.25, -0.2) is 4.79 Å². The van der Waals surface area contributed by atoms with Crippen LogP contribution in [0.2, 0.25) is 0 Å². The van der Waals surface area contributed by atoms with E-state index in [1.165, 1.54) is 35.9 Å². The van der Waals surface area contributed by atoms with Gasteiger partial charge in [0.25, 0.3) is 0 Å². The minimum absolute atomic E-state index is 0.617. The first-order valence-corrected chi connectivity index (χ1v) is 9.64. The Kier molecular flexibility index (Phi) is 6.71. The molecular weight excluding hydrogens is 397 g/mol. The highest BCUT2D eigenvalue weighted by Crippen LogP contribution is 2.31. The van der Waals surface area contributed by atoms with Crippen molar-refractivity contribution in [3.05, 3.63) is 59.5 Å². The second-order valence-corrected chi connectivity index (χ2v) is 7.18. The number of carboxylic acid groups (broad SMARTS) is 1. The van der Waals surface area contributed by atoms with E-state index in [4.69, 9.17) is 14.9 Å². The molecule has 2 N–H and O–H groups in total. The number of halogens is 3. The fourth-order valence-corrected chi connectivity index (χ4v) is 3.20. The van der Waals surface area contributed by atoms with Crippen LogP contribution in [0.5, 0.6) is 0 Å². The lowest BCUT2D eigenvalue weighted by molar-refractivity contribution is -0.192. The zero-order chi connectivity index (χ0) is 21.7. The highest BCUT2D eigenvalue weighted by molar-refractivity contribution is 5.79. The van der Waals surface area contributed by atoms with Gasteiger partial charge in [0.05, 0.1) is 17.3 Å². The number of nitrogens with zero attached hydrogens (tertiary/aromatic N) is 3. The average Bonchev–Trinajstić information content (AvgIpc) is 3.08. The number of fused-ring (bicyclic) bond motifs is 1. The molecule has 0 atom stereocenters. The number of pyridine rings is 1. The molecule has 0 spiro atoms. The lowest BCUT2D eigenvalue weighted by Crippen LogP contribution is -2.23. The van der Waals surface area contributed by atoms with Crippen LogP contribution in [-0.4, -0.2) is 32.0 Å². The standard InChI is InChI=1S/C19H22N4.C2HF3O2/c1-14-16(11-15-5-2-3-8-19(15)22-14)12-20-13-18-9-10-21-23(18)17-6-4-7-17;3-2(4,5)1(6)7/h2-3,5,8-11,17,20H,4,6-7,12-13H2,1H3;(H,6,7). The summed E-state index contributed by atoms with van der Waals surface area (Å²) in [6, 6.07) is 13.3. The van der Waals surface area contributed by atoms with Crippen LogP contribution in [0.3, 0.4) is 0 Å². The van der Waals surface area contributed by atoms with Crippen LogP contribution in [-0.2, 0) is 17.9 Å². The summed E-state index contributed by atoms with van der Waals surface area (Å²) < 4.78 is 33.9.